The van der Waals surface area contributed by atoms with Crippen LogP contribution in [0.2, 0.25) is 5.28 Å². The van der Waals surface area contributed by atoms with E-state index in [1.165, 1.54) is 41.2 Å². The molecule has 4 aliphatic heterocycles. The molecule has 2 unspecified atom stereocenters. The first-order chi connectivity index (χ1) is 30.4. The molecule has 328 valence electrons. The molecule has 2 atom stereocenters. The van der Waals surface area contributed by atoms with Gasteiger partial charge < -0.3 is 24.6 Å². The van der Waals surface area contributed by atoms with Gasteiger partial charge in [-0.2, -0.15) is 9.97 Å². The van der Waals surface area contributed by atoms with Gasteiger partial charge in [0.25, 0.3) is 11.8 Å². The van der Waals surface area contributed by atoms with Crippen LogP contribution in [0.5, 0.6) is 0 Å². The Kier molecular flexibility index (Phi) is 11.9. The van der Waals surface area contributed by atoms with Crippen LogP contribution in [0.1, 0.15) is 65.2 Å². The lowest BCUT2D eigenvalue weighted by molar-refractivity contribution is -0.125. The fourth-order valence-electron chi connectivity index (χ4n) is 9.15. The Morgan fingerprint density at radius 2 is 1.25 bits per heavy atom. The van der Waals surface area contributed by atoms with E-state index < -0.39 is 34.3 Å². The SMILES string of the molecule is CCC12CCCCN1c1nc(-n3ccnc3-c3cccc(F)c3F)ncc1N(C)C2=O.CCC12CCCCN1c1nc(Cl)ncc1N(C)C2=O.Fc1cccc(-c2ncc[nH]2)c1F. The van der Waals surface area contributed by atoms with E-state index in [1.807, 2.05) is 6.92 Å². The molecular formula is C44H45ClF4N12O2. The van der Waals surface area contributed by atoms with Crippen molar-refractivity contribution in [2.24, 2.45) is 0 Å². The molecule has 0 bridgehead atoms. The molecule has 6 aromatic rings. The Balaban J connectivity index is 0.000000144. The fraction of sp³-hybridized carbons (Fsp3) is 0.364. The van der Waals surface area contributed by atoms with Gasteiger partial charge >= 0.3 is 0 Å². The Hall–Kier alpha value is -6.43. The standard InChI is InChI=1S/C22H22F2N6O.C13H17ClN4O.C9H6F2N2/c1-3-22-9-4-5-11-30(22)19-16(28(2)20(22)31)13-26-21(27-19)29-12-10-25-18(29)14-7-6-8-15(23)17(14)24;1-3-13-6-4-5-7-18(13)10-9(17(2)11(13)19)8-15-12(14)16-10;10-7-3-1-2-6(8(7)11)9-12-4-5-13-9/h6-8,10,12-13H,3-5,9,11H2,1-2H3;8H,3-7H2,1-2H3;1-5H,(H,12,13). The summed E-state index contributed by atoms with van der Waals surface area (Å²) < 4.78 is 55.6. The molecule has 2 aromatic carbocycles. The van der Waals surface area contributed by atoms with E-state index in [1.54, 1.807) is 48.7 Å². The van der Waals surface area contributed by atoms with Gasteiger partial charge in [0.1, 0.15) is 34.1 Å². The highest BCUT2D eigenvalue weighted by Crippen LogP contribution is 2.46. The lowest BCUT2D eigenvalue weighted by atomic mass is 9.81. The maximum atomic E-state index is 14.4. The zero-order valence-electron chi connectivity index (χ0n) is 35.1. The molecule has 14 nitrogen and oxygen atoms in total. The monoisotopic (exact) mass is 884 g/mol. The molecule has 10 rings (SSSR count). The Morgan fingerprint density at radius 3 is 1.83 bits per heavy atom. The van der Waals surface area contributed by atoms with E-state index in [0.717, 1.165) is 81.7 Å². The van der Waals surface area contributed by atoms with E-state index in [4.69, 9.17) is 16.6 Å². The summed E-state index contributed by atoms with van der Waals surface area (Å²) >= 11 is 5.93. The molecule has 0 saturated carbocycles. The number of amides is 2. The number of nitrogens with zero attached hydrogens (tertiary/aromatic N) is 11. The lowest BCUT2D eigenvalue weighted by Gasteiger charge is -2.51. The first kappa shape index (κ1) is 43.2. The number of halogens is 5. The molecular weight excluding hydrogens is 840 g/mol. The van der Waals surface area contributed by atoms with E-state index in [0.29, 0.717) is 23.8 Å². The van der Waals surface area contributed by atoms with Gasteiger partial charge in [0.15, 0.2) is 34.9 Å². The topological polar surface area (TPSA) is 145 Å². The number of hydrogen-bond acceptors (Lipinski definition) is 10. The second-order valence-electron chi connectivity index (χ2n) is 15.7. The largest absolute Gasteiger partial charge is 0.345 e. The van der Waals surface area contributed by atoms with Crippen LogP contribution in [0.3, 0.4) is 0 Å². The van der Waals surface area contributed by atoms with Crippen molar-refractivity contribution in [1.82, 2.24) is 39.5 Å². The normalized spacial score (nSPS) is 20.1. The molecule has 2 amide bonds. The summed E-state index contributed by atoms with van der Waals surface area (Å²) in [6, 6.07) is 7.95. The van der Waals surface area contributed by atoms with Gasteiger partial charge in [-0.15, -0.1) is 0 Å². The number of carbonyl (C=O) groups is 2. The zero-order chi connectivity index (χ0) is 44.6. The number of H-pyrrole nitrogens is 1. The van der Waals surface area contributed by atoms with Crippen molar-refractivity contribution in [1.29, 1.82) is 0 Å². The third-order valence-electron chi connectivity index (χ3n) is 12.5. The Bertz CT molecular complexity index is 2670. The van der Waals surface area contributed by atoms with E-state index in [-0.39, 0.29) is 40.0 Å². The predicted octanol–water partition coefficient (Wildman–Crippen LogP) is 8.32. The van der Waals surface area contributed by atoms with Gasteiger partial charge in [0.2, 0.25) is 11.2 Å². The van der Waals surface area contributed by atoms with Crippen LogP contribution >= 0.6 is 11.6 Å². The highest BCUT2D eigenvalue weighted by Gasteiger charge is 2.52. The second kappa shape index (κ2) is 17.4. The van der Waals surface area contributed by atoms with Gasteiger partial charge in [-0.3, -0.25) is 14.2 Å². The second-order valence-corrected chi connectivity index (χ2v) is 16.0. The van der Waals surface area contributed by atoms with Crippen LogP contribution in [-0.2, 0) is 9.59 Å². The number of aromatic amines is 1. The number of aromatic nitrogens is 8. The number of piperidine rings is 2. The summed E-state index contributed by atoms with van der Waals surface area (Å²) in [5.74, 6) is -1.17. The van der Waals surface area contributed by atoms with Crippen molar-refractivity contribution in [2.75, 3.05) is 46.8 Å². The van der Waals surface area contributed by atoms with Gasteiger partial charge in [0.05, 0.1) is 23.5 Å². The van der Waals surface area contributed by atoms with Crippen molar-refractivity contribution in [3.63, 3.8) is 0 Å². The van der Waals surface area contributed by atoms with E-state index in [9.17, 15) is 27.2 Å². The third kappa shape index (κ3) is 7.42. The van der Waals surface area contributed by atoms with Crippen molar-refractivity contribution in [3.8, 4) is 28.7 Å². The van der Waals surface area contributed by atoms with Gasteiger partial charge in [-0.25, -0.2) is 37.5 Å². The molecule has 8 heterocycles. The van der Waals surface area contributed by atoms with Crippen molar-refractivity contribution in [2.45, 2.75) is 76.3 Å². The first-order valence-electron chi connectivity index (χ1n) is 20.8. The van der Waals surface area contributed by atoms with Gasteiger partial charge in [-0.1, -0.05) is 26.0 Å². The number of imidazole rings is 2. The number of hydrogen-bond donors (Lipinski definition) is 1. The summed E-state index contributed by atoms with van der Waals surface area (Å²) in [6.07, 6.45) is 16.6. The Labute approximate surface area is 366 Å². The summed E-state index contributed by atoms with van der Waals surface area (Å²) in [5, 5.41) is 0.233. The first-order valence-corrected chi connectivity index (χ1v) is 21.2. The van der Waals surface area contributed by atoms with Crippen LogP contribution in [0.15, 0.2) is 73.6 Å². The number of benzene rings is 2. The van der Waals surface area contributed by atoms with Gasteiger partial charge in [-0.05, 0) is 87.2 Å². The number of carbonyl (C=O) groups excluding carboxylic acids is 2. The number of likely N-dealkylation sites (N-methyl/N-ethyl adjacent to an activating group) is 2. The van der Waals surface area contributed by atoms with E-state index in [2.05, 4.69) is 46.6 Å². The van der Waals surface area contributed by atoms with Crippen LogP contribution < -0.4 is 19.6 Å². The third-order valence-corrected chi connectivity index (χ3v) is 12.7. The maximum Gasteiger partial charge on any atom is 0.252 e. The number of anilines is 4. The minimum absolute atomic E-state index is 0.0273. The highest BCUT2D eigenvalue weighted by molar-refractivity contribution is 6.28. The zero-order valence-corrected chi connectivity index (χ0v) is 35.9. The van der Waals surface area contributed by atoms with Crippen molar-refractivity contribution >= 4 is 46.4 Å². The predicted molar refractivity (Wildman–Crippen MR) is 231 cm³/mol. The molecule has 0 spiro atoms. The molecule has 0 radical (unpaired) electrons. The minimum Gasteiger partial charge on any atom is -0.345 e. The summed E-state index contributed by atoms with van der Waals surface area (Å²) in [7, 11) is 3.54. The average molecular weight is 885 g/mol. The smallest absolute Gasteiger partial charge is 0.252 e. The number of fused-ring (bicyclic) bond motifs is 6. The summed E-state index contributed by atoms with van der Waals surface area (Å²) in [6.45, 7) is 5.68. The fourth-order valence-corrected chi connectivity index (χ4v) is 9.27. The molecule has 63 heavy (non-hydrogen) atoms. The Morgan fingerprint density at radius 1 is 0.698 bits per heavy atom. The van der Waals surface area contributed by atoms with Crippen LogP contribution in [0.25, 0.3) is 28.7 Å². The quantitative estimate of drug-likeness (QED) is 0.133. The molecule has 1 N–H and O–H groups in total. The van der Waals surface area contributed by atoms with E-state index >= 15 is 0 Å². The maximum absolute atomic E-state index is 14.4. The molecule has 0 aliphatic carbocycles. The van der Waals surface area contributed by atoms with Crippen LogP contribution in [-0.4, -0.2) is 89.5 Å². The minimum atomic E-state index is -0.973. The molecule has 2 fully saturated rings. The summed E-state index contributed by atoms with van der Waals surface area (Å²) in [5.41, 5.74) is 0.499. The highest BCUT2D eigenvalue weighted by atomic mass is 35.5. The lowest BCUT2D eigenvalue weighted by Crippen LogP contribution is -2.64. The van der Waals surface area contributed by atoms with Crippen LogP contribution in [0, 0.1) is 23.3 Å². The van der Waals surface area contributed by atoms with Crippen molar-refractivity contribution < 1.29 is 27.2 Å². The van der Waals surface area contributed by atoms with Crippen LogP contribution in [0.4, 0.5) is 40.6 Å². The van der Waals surface area contributed by atoms with Gasteiger partial charge in [0, 0.05) is 52.0 Å². The average Bonchev–Trinajstić information content (AvgIpc) is 4.03. The number of nitrogens with one attached hydrogen (secondary N) is 1. The summed E-state index contributed by atoms with van der Waals surface area (Å²) in [4.78, 5) is 61.8. The molecule has 19 heteroatoms. The molecule has 4 aromatic heterocycles. The molecule has 4 aliphatic rings. The number of rotatable bonds is 5. The van der Waals surface area contributed by atoms with Crippen molar-refractivity contribution in [3.05, 3.63) is 102 Å². The molecule has 2 saturated heterocycles.